The van der Waals surface area contributed by atoms with Crippen LogP contribution in [0.2, 0.25) is 0 Å². The van der Waals surface area contributed by atoms with Crippen molar-refractivity contribution in [2.45, 2.75) is 12.3 Å². The van der Waals surface area contributed by atoms with E-state index in [0.29, 0.717) is 5.69 Å². The molecule has 1 aromatic heterocycles. The first-order valence-electron chi connectivity index (χ1n) is 9.64. The number of anilines is 4. The van der Waals surface area contributed by atoms with Crippen molar-refractivity contribution in [2.75, 3.05) is 48.0 Å². The standard InChI is InChI=1S/C17H23N7O7S2.H2O/c1-11-24(33(11,30)31)9-8-23(2)17-21-15(18-7-10-32(27,28)29)20-16(22-17)19-13-5-3-12(4-6-13)14(25)26;/h3-6,11H,7-10H2,1-2H3,(H,25,26)(H,27,28,29)(H2,18,19,20,21,22);1H2. The molecule has 15 nitrogen and oxygen atoms in total. The van der Waals surface area contributed by atoms with Gasteiger partial charge in [0.1, 0.15) is 5.37 Å². The van der Waals surface area contributed by atoms with Gasteiger partial charge in [0.2, 0.25) is 27.9 Å². The largest absolute Gasteiger partial charge is 0.478 e. The van der Waals surface area contributed by atoms with Crippen LogP contribution < -0.4 is 15.5 Å². The minimum Gasteiger partial charge on any atom is -0.478 e. The number of nitrogens with zero attached hydrogens (tertiary/aromatic N) is 5. The summed E-state index contributed by atoms with van der Waals surface area (Å²) in [6.07, 6.45) is 0. The molecule has 0 radical (unpaired) electrons. The van der Waals surface area contributed by atoms with Crippen LogP contribution in [0.4, 0.5) is 23.5 Å². The Morgan fingerprint density at radius 3 is 2.29 bits per heavy atom. The molecule has 0 aliphatic carbocycles. The molecular formula is C17H25N7O8S2. The van der Waals surface area contributed by atoms with Crippen LogP contribution in [0.5, 0.6) is 0 Å². The molecule has 6 N–H and O–H groups in total. The number of aromatic nitrogens is 3. The van der Waals surface area contributed by atoms with E-state index in [1.807, 2.05) is 0 Å². The van der Waals surface area contributed by atoms with Crippen LogP contribution in [0.25, 0.3) is 0 Å². The average molecular weight is 520 g/mol. The summed E-state index contributed by atoms with van der Waals surface area (Å²) in [6, 6.07) is 5.84. The summed E-state index contributed by atoms with van der Waals surface area (Å²) in [6.45, 7) is 1.94. The van der Waals surface area contributed by atoms with E-state index >= 15 is 0 Å². The van der Waals surface area contributed by atoms with E-state index in [9.17, 15) is 21.6 Å². The Morgan fingerprint density at radius 2 is 1.76 bits per heavy atom. The van der Waals surface area contributed by atoms with Gasteiger partial charge in [0, 0.05) is 32.4 Å². The van der Waals surface area contributed by atoms with Crippen LogP contribution in [-0.2, 0) is 20.1 Å². The van der Waals surface area contributed by atoms with Gasteiger partial charge in [-0.3, -0.25) is 4.55 Å². The van der Waals surface area contributed by atoms with E-state index in [2.05, 4.69) is 25.6 Å². The topological polar surface area (TPSA) is 226 Å². The smallest absolute Gasteiger partial charge is 0.335 e. The molecule has 1 saturated heterocycles. The van der Waals surface area contributed by atoms with E-state index < -0.39 is 37.2 Å². The Kier molecular flexibility index (Phi) is 8.32. The zero-order valence-electron chi connectivity index (χ0n) is 18.2. The third kappa shape index (κ3) is 6.94. The van der Waals surface area contributed by atoms with E-state index in [1.165, 1.54) is 28.6 Å². The van der Waals surface area contributed by atoms with Crippen molar-refractivity contribution in [3.05, 3.63) is 29.8 Å². The molecule has 2 unspecified atom stereocenters. The van der Waals surface area contributed by atoms with Crippen molar-refractivity contribution in [1.82, 2.24) is 19.3 Å². The second-order valence-electron chi connectivity index (χ2n) is 7.18. The highest BCUT2D eigenvalue weighted by Crippen LogP contribution is 2.29. The maximum atomic E-state index is 11.7. The van der Waals surface area contributed by atoms with Crippen LogP contribution in [0, 0.1) is 0 Å². The van der Waals surface area contributed by atoms with Gasteiger partial charge in [0.05, 0.1) is 11.3 Å². The highest BCUT2D eigenvalue weighted by Gasteiger charge is 2.50. The second kappa shape index (κ2) is 10.4. The van der Waals surface area contributed by atoms with Gasteiger partial charge >= 0.3 is 5.97 Å². The van der Waals surface area contributed by atoms with Gasteiger partial charge in [-0.1, -0.05) is 0 Å². The molecule has 2 heterocycles. The first kappa shape index (κ1) is 27.1. The van der Waals surface area contributed by atoms with Crippen LogP contribution in [0.3, 0.4) is 0 Å². The number of nitrogens with one attached hydrogen (secondary N) is 2. The molecule has 2 atom stereocenters. The Balaban J connectivity index is 0.00000408. The molecule has 0 saturated carbocycles. The van der Waals surface area contributed by atoms with Crippen LogP contribution in [0.1, 0.15) is 17.3 Å². The zero-order chi connectivity index (χ0) is 24.4. The minimum atomic E-state index is -4.19. The molecule has 3 rings (SSSR count). The minimum absolute atomic E-state index is 0. The Morgan fingerprint density at radius 1 is 1.18 bits per heavy atom. The highest BCUT2D eigenvalue weighted by molar-refractivity contribution is 7.95. The predicted octanol–water partition coefficient (Wildman–Crippen LogP) is -0.784. The molecule has 34 heavy (non-hydrogen) atoms. The molecule has 0 spiro atoms. The van der Waals surface area contributed by atoms with Crippen LogP contribution in [-0.4, -0.2) is 95.0 Å². The summed E-state index contributed by atoms with van der Waals surface area (Å²) in [5, 5.41) is 14.1. The SMILES string of the molecule is CC1N(CCN(C)c2nc(NCCS(=O)(=O)O)nc(Nc3ccc(C(=O)O)cc3)n2)S1(=O)=O.O. The molecule has 17 heteroatoms. The fraction of sp³-hybridized carbons (Fsp3) is 0.412. The van der Waals surface area contributed by atoms with Gasteiger partial charge in [-0.15, -0.1) is 0 Å². The molecule has 1 aliphatic heterocycles. The Hall–Kier alpha value is -3.12. The molecule has 2 aromatic rings. The number of rotatable bonds is 11. The van der Waals surface area contributed by atoms with E-state index in [-0.39, 0.29) is 48.5 Å². The highest BCUT2D eigenvalue weighted by atomic mass is 32.2. The predicted molar refractivity (Wildman–Crippen MR) is 123 cm³/mol. The second-order valence-corrected chi connectivity index (χ2v) is 10.9. The van der Waals surface area contributed by atoms with Crippen LogP contribution >= 0.6 is 0 Å². The van der Waals surface area contributed by atoms with E-state index in [1.54, 1.807) is 18.9 Å². The number of aromatic carboxylic acids is 1. The summed E-state index contributed by atoms with van der Waals surface area (Å²) in [4.78, 5) is 25.3. The summed E-state index contributed by atoms with van der Waals surface area (Å²) < 4.78 is 55.5. The number of benzene rings is 1. The monoisotopic (exact) mass is 519 g/mol. The van der Waals surface area contributed by atoms with E-state index in [4.69, 9.17) is 9.66 Å². The lowest BCUT2D eigenvalue weighted by molar-refractivity contribution is 0.0697. The van der Waals surface area contributed by atoms with Crippen molar-refractivity contribution < 1.29 is 36.8 Å². The molecule has 0 amide bonds. The number of hydrogen-bond donors (Lipinski definition) is 4. The summed E-state index contributed by atoms with van der Waals surface area (Å²) in [7, 11) is -5.73. The van der Waals surface area contributed by atoms with Crippen molar-refractivity contribution >= 4 is 49.6 Å². The summed E-state index contributed by atoms with van der Waals surface area (Å²) in [5.74, 6) is -1.35. The molecule has 188 valence electrons. The Bertz CT molecular complexity index is 1240. The number of sulfonamides is 1. The summed E-state index contributed by atoms with van der Waals surface area (Å²) in [5.41, 5.74) is 0.594. The molecular weight excluding hydrogens is 494 g/mol. The number of carbonyl (C=O) groups is 1. The summed E-state index contributed by atoms with van der Waals surface area (Å²) >= 11 is 0. The van der Waals surface area contributed by atoms with Gasteiger partial charge in [0.25, 0.3) is 10.1 Å². The molecule has 1 fully saturated rings. The van der Waals surface area contributed by atoms with Crippen molar-refractivity contribution in [3.8, 4) is 0 Å². The lowest BCUT2D eigenvalue weighted by Gasteiger charge is -2.18. The number of hydrogen-bond acceptors (Lipinski definition) is 11. The van der Waals surface area contributed by atoms with Crippen molar-refractivity contribution in [2.24, 2.45) is 0 Å². The average Bonchev–Trinajstić information content (AvgIpc) is 3.21. The fourth-order valence-electron chi connectivity index (χ4n) is 2.80. The molecule has 0 bridgehead atoms. The number of carboxylic acid groups (broad SMARTS) is 1. The lowest BCUT2D eigenvalue weighted by atomic mass is 10.2. The van der Waals surface area contributed by atoms with Gasteiger partial charge in [-0.05, 0) is 31.2 Å². The van der Waals surface area contributed by atoms with Crippen molar-refractivity contribution in [1.29, 1.82) is 0 Å². The lowest BCUT2D eigenvalue weighted by Crippen LogP contribution is -2.28. The maximum absolute atomic E-state index is 11.7. The van der Waals surface area contributed by atoms with Gasteiger partial charge in [0.15, 0.2) is 0 Å². The normalized spacial score (nSPS) is 18.4. The zero-order valence-corrected chi connectivity index (χ0v) is 19.8. The third-order valence-corrected chi connectivity index (χ3v) is 7.54. The molecule has 1 aliphatic rings. The number of likely N-dealkylation sites (N-methyl/N-ethyl adjacent to an activating group) is 1. The van der Waals surface area contributed by atoms with Gasteiger partial charge < -0.3 is 26.1 Å². The van der Waals surface area contributed by atoms with Gasteiger partial charge in [-0.2, -0.15) is 27.7 Å². The quantitative estimate of drug-likeness (QED) is 0.211. The van der Waals surface area contributed by atoms with Crippen LogP contribution in [0.15, 0.2) is 24.3 Å². The van der Waals surface area contributed by atoms with E-state index in [0.717, 1.165) is 0 Å². The van der Waals surface area contributed by atoms with Crippen molar-refractivity contribution in [3.63, 3.8) is 0 Å². The van der Waals surface area contributed by atoms with Gasteiger partial charge in [-0.25, -0.2) is 13.2 Å². The number of carboxylic acids is 1. The third-order valence-electron chi connectivity index (χ3n) is 4.77. The fourth-order valence-corrected chi connectivity index (χ4v) is 4.51. The first-order valence-corrected chi connectivity index (χ1v) is 12.8. The molecule has 1 aromatic carbocycles. The maximum Gasteiger partial charge on any atom is 0.335 e. The Labute approximate surface area is 196 Å². The first-order chi connectivity index (χ1) is 15.4.